The Morgan fingerprint density at radius 1 is 1.41 bits per heavy atom. The van der Waals surface area contributed by atoms with Crippen molar-refractivity contribution in [3.8, 4) is 11.5 Å². The average molecular weight is 234 g/mol. The summed E-state index contributed by atoms with van der Waals surface area (Å²) in [5.41, 5.74) is 0.739. The number of hydrogen-bond donors (Lipinski definition) is 2. The summed E-state index contributed by atoms with van der Waals surface area (Å²) in [6.45, 7) is 1.35. The lowest BCUT2D eigenvalue weighted by Crippen LogP contribution is -1.86. The number of rotatable bonds is 4. The van der Waals surface area contributed by atoms with Crippen LogP contribution in [0.2, 0.25) is 0 Å². The normalized spacial score (nSPS) is 11.8. The largest absolute Gasteiger partial charge is 0.508 e. The zero-order chi connectivity index (χ0) is 12.8. The maximum absolute atomic E-state index is 10.7. The standard InChI is InChI=1S/C13H14O4/c1-9(14)7-11(15)5-3-10-4-6-12(16)13(8-10)17-2/h3-8,15-16H,1-2H3/b5-3+,11-7-. The first-order valence-electron chi connectivity index (χ1n) is 4.99. The van der Waals surface area contributed by atoms with E-state index in [1.54, 1.807) is 18.2 Å². The number of methoxy groups -OCH3 is 1. The molecular formula is C13H14O4. The second kappa shape index (κ2) is 5.75. The Bertz CT molecular complexity index is 472. The van der Waals surface area contributed by atoms with Crippen LogP contribution >= 0.6 is 0 Å². The van der Waals surface area contributed by atoms with Gasteiger partial charge in [0.1, 0.15) is 5.76 Å². The Labute approximate surface area is 99.5 Å². The van der Waals surface area contributed by atoms with Crippen LogP contribution in [0.4, 0.5) is 0 Å². The van der Waals surface area contributed by atoms with Gasteiger partial charge in [0.2, 0.25) is 0 Å². The van der Waals surface area contributed by atoms with Crippen molar-refractivity contribution in [1.29, 1.82) is 0 Å². The molecule has 2 N–H and O–H groups in total. The zero-order valence-electron chi connectivity index (χ0n) is 9.68. The van der Waals surface area contributed by atoms with Gasteiger partial charge in [-0.25, -0.2) is 0 Å². The Hall–Kier alpha value is -2.23. The Morgan fingerprint density at radius 2 is 2.12 bits per heavy atom. The van der Waals surface area contributed by atoms with Crippen molar-refractivity contribution in [1.82, 2.24) is 0 Å². The lowest BCUT2D eigenvalue weighted by Gasteiger charge is -2.03. The summed E-state index contributed by atoms with van der Waals surface area (Å²) in [4.78, 5) is 10.7. The number of aliphatic hydroxyl groups is 1. The smallest absolute Gasteiger partial charge is 0.161 e. The van der Waals surface area contributed by atoms with Crippen molar-refractivity contribution < 1.29 is 19.7 Å². The summed E-state index contributed by atoms with van der Waals surface area (Å²) < 4.78 is 4.94. The highest BCUT2D eigenvalue weighted by molar-refractivity contribution is 5.88. The second-order valence-electron chi connectivity index (χ2n) is 3.44. The molecule has 0 atom stereocenters. The summed E-state index contributed by atoms with van der Waals surface area (Å²) in [5.74, 6) is 0.0512. The molecule has 17 heavy (non-hydrogen) atoms. The lowest BCUT2D eigenvalue weighted by atomic mass is 10.2. The summed E-state index contributed by atoms with van der Waals surface area (Å²) in [5, 5.41) is 18.7. The highest BCUT2D eigenvalue weighted by atomic mass is 16.5. The molecule has 0 amide bonds. The van der Waals surface area contributed by atoms with E-state index >= 15 is 0 Å². The fraction of sp³-hybridized carbons (Fsp3) is 0.154. The van der Waals surface area contributed by atoms with Gasteiger partial charge >= 0.3 is 0 Å². The van der Waals surface area contributed by atoms with Gasteiger partial charge in [-0.3, -0.25) is 4.79 Å². The predicted octanol–water partition coefficient (Wildman–Crippen LogP) is 2.44. The molecular weight excluding hydrogens is 220 g/mol. The van der Waals surface area contributed by atoms with E-state index in [-0.39, 0.29) is 17.3 Å². The van der Waals surface area contributed by atoms with Gasteiger partial charge in [-0.05, 0) is 30.7 Å². The fourth-order valence-corrected chi connectivity index (χ4v) is 1.24. The summed E-state index contributed by atoms with van der Waals surface area (Å²) in [6.07, 6.45) is 4.12. The summed E-state index contributed by atoms with van der Waals surface area (Å²) in [7, 11) is 1.45. The van der Waals surface area contributed by atoms with Crippen LogP contribution in [0, 0.1) is 0 Å². The molecule has 1 aromatic carbocycles. The Morgan fingerprint density at radius 3 is 2.71 bits per heavy atom. The van der Waals surface area contributed by atoms with Crippen molar-refractivity contribution in [2.75, 3.05) is 7.11 Å². The van der Waals surface area contributed by atoms with E-state index in [4.69, 9.17) is 4.74 Å². The van der Waals surface area contributed by atoms with E-state index in [0.29, 0.717) is 5.75 Å². The van der Waals surface area contributed by atoms with Crippen LogP contribution in [-0.2, 0) is 4.79 Å². The van der Waals surface area contributed by atoms with Crippen LogP contribution in [0.3, 0.4) is 0 Å². The highest BCUT2D eigenvalue weighted by Crippen LogP contribution is 2.26. The second-order valence-corrected chi connectivity index (χ2v) is 3.44. The third-order valence-electron chi connectivity index (χ3n) is 2.00. The number of allylic oxidation sites excluding steroid dienone is 2. The molecule has 1 rings (SSSR count). The van der Waals surface area contributed by atoms with E-state index in [2.05, 4.69) is 0 Å². The molecule has 4 nitrogen and oxygen atoms in total. The van der Waals surface area contributed by atoms with Crippen LogP contribution in [0.1, 0.15) is 12.5 Å². The van der Waals surface area contributed by atoms with Crippen LogP contribution in [0.15, 0.2) is 36.1 Å². The molecule has 90 valence electrons. The van der Waals surface area contributed by atoms with Crippen LogP contribution in [0.5, 0.6) is 11.5 Å². The van der Waals surface area contributed by atoms with Crippen molar-refractivity contribution in [3.05, 3.63) is 41.7 Å². The predicted molar refractivity (Wildman–Crippen MR) is 65.1 cm³/mol. The minimum atomic E-state index is -0.226. The van der Waals surface area contributed by atoms with Gasteiger partial charge in [0.05, 0.1) is 7.11 Å². The number of phenols is 1. The van der Waals surface area contributed by atoms with Gasteiger partial charge in [-0.15, -0.1) is 0 Å². The number of aliphatic hydroxyl groups excluding tert-OH is 1. The third-order valence-corrected chi connectivity index (χ3v) is 2.00. The number of ether oxygens (including phenoxy) is 1. The first-order chi connectivity index (χ1) is 8.02. The zero-order valence-corrected chi connectivity index (χ0v) is 9.68. The molecule has 0 heterocycles. The minimum Gasteiger partial charge on any atom is -0.508 e. The number of phenolic OH excluding ortho intramolecular Hbond substituents is 1. The molecule has 0 aromatic heterocycles. The maximum atomic E-state index is 10.7. The molecule has 4 heteroatoms. The first-order valence-corrected chi connectivity index (χ1v) is 4.99. The van der Waals surface area contributed by atoms with E-state index in [9.17, 15) is 15.0 Å². The van der Waals surface area contributed by atoms with Crippen LogP contribution in [0.25, 0.3) is 6.08 Å². The quantitative estimate of drug-likeness (QED) is 0.477. The Kier molecular flexibility index (Phi) is 4.34. The number of carbonyl (C=O) groups excluding carboxylic acids is 1. The van der Waals surface area contributed by atoms with Crippen molar-refractivity contribution in [2.45, 2.75) is 6.92 Å². The average Bonchev–Trinajstić information content (AvgIpc) is 2.27. The third kappa shape index (κ3) is 4.03. The molecule has 0 radical (unpaired) electrons. The number of carbonyl (C=O) groups is 1. The van der Waals surface area contributed by atoms with Gasteiger partial charge < -0.3 is 14.9 Å². The molecule has 1 aromatic rings. The summed E-state index contributed by atoms with van der Waals surface area (Å²) in [6, 6.07) is 4.77. The molecule has 0 aliphatic rings. The van der Waals surface area contributed by atoms with Crippen molar-refractivity contribution >= 4 is 11.9 Å². The molecule has 0 unspecified atom stereocenters. The van der Waals surface area contributed by atoms with E-state index < -0.39 is 0 Å². The van der Waals surface area contributed by atoms with Crippen LogP contribution in [-0.4, -0.2) is 23.1 Å². The van der Waals surface area contributed by atoms with E-state index in [0.717, 1.165) is 11.6 Å². The van der Waals surface area contributed by atoms with Gasteiger partial charge in [0.15, 0.2) is 17.3 Å². The van der Waals surface area contributed by atoms with E-state index in [1.165, 1.54) is 26.2 Å². The van der Waals surface area contributed by atoms with Crippen molar-refractivity contribution in [3.63, 3.8) is 0 Å². The van der Waals surface area contributed by atoms with Gasteiger partial charge in [-0.2, -0.15) is 0 Å². The monoisotopic (exact) mass is 234 g/mol. The lowest BCUT2D eigenvalue weighted by molar-refractivity contribution is -0.112. The summed E-state index contributed by atoms with van der Waals surface area (Å²) >= 11 is 0. The fourth-order valence-electron chi connectivity index (χ4n) is 1.24. The molecule has 0 spiro atoms. The number of ketones is 1. The molecule has 0 aliphatic carbocycles. The highest BCUT2D eigenvalue weighted by Gasteiger charge is 2.00. The molecule has 0 saturated heterocycles. The minimum absolute atomic E-state index is 0.0492. The van der Waals surface area contributed by atoms with E-state index in [1.807, 2.05) is 0 Å². The number of hydrogen-bond acceptors (Lipinski definition) is 4. The van der Waals surface area contributed by atoms with Gasteiger partial charge in [0, 0.05) is 6.08 Å². The first kappa shape index (κ1) is 12.8. The van der Waals surface area contributed by atoms with Crippen molar-refractivity contribution in [2.24, 2.45) is 0 Å². The molecule has 0 bridgehead atoms. The van der Waals surface area contributed by atoms with Gasteiger partial charge in [-0.1, -0.05) is 12.1 Å². The molecule has 0 fully saturated rings. The van der Waals surface area contributed by atoms with Crippen LogP contribution < -0.4 is 4.74 Å². The number of aromatic hydroxyl groups is 1. The SMILES string of the molecule is COc1cc(/C=C/C(O)=C/C(C)=O)ccc1O. The van der Waals surface area contributed by atoms with Gasteiger partial charge in [0.25, 0.3) is 0 Å². The Balaban J connectivity index is 2.89. The topological polar surface area (TPSA) is 66.8 Å². The number of benzene rings is 1. The maximum Gasteiger partial charge on any atom is 0.161 e. The molecule has 0 saturated carbocycles. The molecule has 0 aliphatic heterocycles.